The average Bonchev–Trinajstić information content (AvgIpc) is 2.28. The van der Waals surface area contributed by atoms with Crippen LogP contribution in [0.25, 0.3) is 10.9 Å². The van der Waals surface area contributed by atoms with E-state index in [4.69, 9.17) is 5.11 Å². The third kappa shape index (κ3) is 1.36. The van der Waals surface area contributed by atoms with E-state index in [0.717, 1.165) is 5.39 Å². The van der Waals surface area contributed by atoms with E-state index in [0.29, 0.717) is 5.52 Å². The van der Waals surface area contributed by atoms with Gasteiger partial charge in [-0.2, -0.15) is 0 Å². The van der Waals surface area contributed by atoms with Gasteiger partial charge in [0.1, 0.15) is 0 Å². The third-order valence-corrected chi connectivity index (χ3v) is 1.81. The SMILES string of the molecule is O=c1cc2cccnc2ccc1O. The smallest absolute Gasteiger partial charge is 0.220 e. The summed E-state index contributed by atoms with van der Waals surface area (Å²) in [6.07, 6.45) is 1.64. The maximum Gasteiger partial charge on any atom is 0.220 e. The predicted molar refractivity (Wildman–Crippen MR) is 49.7 cm³/mol. The number of aromatic hydroxyl groups is 1. The predicted octanol–water partition coefficient (Wildman–Crippen LogP) is 1.30. The lowest BCUT2D eigenvalue weighted by atomic mass is 10.3. The number of fused-ring (bicyclic) bond motifs is 1. The lowest BCUT2D eigenvalue weighted by Gasteiger charge is -1.86. The van der Waals surface area contributed by atoms with Crippen LogP contribution in [0.5, 0.6) is 5.75 Å². The first-order valence-corrected chi connectivity index (χ1v) is 3.85. The van der Waals surface area contributed by atoms with Crippen molar-refractivity contribution < 1.29 is 5.11 Å². The minimum Gasteiger partial charge on any atom is -0.504 e. The summed E-state index contributed by atoms with van der Waals surface area (Å²) in [5.41, 5.74) is 0.308. The molecule has 1 heterocycles. The van der Waals surface area contributed by atoms with Crippen LogP contribution in [-0.2, 0) is 0 Å². The van der Waals surface area contributed by atoms with Crippen LogP contribution < -0.4 is 5.43 Å². The molecule has 0 fully saturated rings. The van der Waals surface area contributed by atoms with Crippen LogP contribution in [0, 0.1) is 0 Å². The van der Waals surface area contributed by atoms with Crippen LogP contribution in [0.3, 0.4) is 0 Å². The molecular formula is C10H7NO2. The second-order valence-corrected chi connectivity index (χ2v) is 2.71. The molecule has 1 aromatic carbocycles. The van der Waals surface area contributed by atoms with Crippen LogP contribution in [0.2, 0.25) is 0 Å². The lowest BCUT2D eigenvalue weighted by molar-refractivity contribution is 0.471. The van der Waals surface area contributed by atoms with Gasteiger partial charge in [-0.3, -0.25) is 9.78 Å². The van der Waals surface area contributed by atoms with Gasteiger partial charge >= 0.3 is 0 Å². The van der Waals surface area contributed by atoms with Gasteiger partial charge in [0, 0.05) is 11.6 Å². The highest BCUT2D eigenvalue weighted by molar-refractivity contribution is 5.77. The second-order valence-electron chi connectivity index (χ2n) is 2.71. The summed E-state index contributed by atoms with van der Waals surface area (Å²) in [6.45, 7) is 0. The second kappa shape index (κ2) is 2.86. The fourth-order valence-corrected chi connectivity index (χ4v) is 1.15. The van der Waals surface area contributed by atoms with Crippen molar-refractivity contribution in [1.82, 2.24) is 4.98 Å². The molecule has 0 aliphatic carbocycles. The number of pyridine rings is 1. The zero-order chi connectivity index (χ0) is 9.26. The first-order valence-electron chi connectivity index (χ1n) is 3.85. The third-order valence-electron chi connectivity index (χ3n) is 1.81. The summed E-state index contributed by atoms with van der Waals surface area (Å²) in [5.74, 6) is -0.252. The van der Waals surface area contributed by atoms with Crippen molar-refractivity contribution in [1.29, 1.82) is 0 Å². The zero-order valence-electron chi connectivity index (χ0n) is 6.77. The van der Waals surface area contributed by atoms with Crippen LogP contribution in [0.15, 0.2) is 41.3 Å². The van der Waals surface area contributed by atoms with Gasteiger partial charge in [-0.15, -0.1) is 0 Å². The molecule has 64 valence electrons. The molecule has 0 unspecified atom stereocenters. The number of nitrogens with zero attached hydrogens (tertiary/aromatic N) is 1. The Balaban J connectivity index is 2.97. The number of hydrogen-bond acceptors (Lipinski definition) is 3. The van der Waals surface area contributed by atoms with E-state index in [2.05, 4.69) is 4.98 Å². The van der Waals surface area contributed by atoms with E-state index in [9.17, 15) is 4.79 Å². The normalized spacial score (nSPS) is 10.2. The fourth-order valence-electron chi connectivity index (χ4n) is 1.15. The molecule has 0 radical (unpaired) electrons. The van der Waals surface area contributed by atoms with Crippen LogP contribution in [-0.4, -0.2) is 10.1 Å². The average molecular weight is 173 g/mol. The Morgan fingerprint density at radius 3 is 2.92 bits per heavy atom. The highest BCUT2D eigenvalue weighted by atomic mass is 16.3. The minimum absolute atomic E-state index is 0.252. The zero-order valence-corrected chi connectivity index (χ0v) is 6.77. The Bertz CT molecular complexity index is 508. The van der Waals surface area contributed by atoms with Gasteiger partial charge in [0.15, 0.2) is 5.75 Å². The Labute approximate surface area is 74.3 Å². The standard InChI is InChI=1S/C10H7NO2/c12-9-4-3-8-7(6-10(9)13)2-1-5-11-8/h1-6H,(H,12,13). The molecule has 2 aromatic rings. The molecule has 1 aromatic heterocycles. The monoisotopic (exact) mass is 173 g/mol. The molecule has 0 amide bonds. The molecule has 2 rings (SSSR count). The Morgan fingerprint density at radius 1 is 1.23 bits per heavy atom. The number of rotatable bonds is 0. The molecule has 13 heavy (non-hydrogen) atoms. The van der Waals surface area contributed by atoms with E-state index in [1.165, 1.54) is 12.1 Å². The first-order chi connectivity index (χ1) is 6.27. The molecule has 0 aliphatic rings. The van der Waals surface area contributed by atoms with E-state index in [1.807, 2.05) is 0 Å². The first kappa shape index (κ1) is 7.73. The van der Waals surface area contributed by atoms with Gasteiger partial charge in [0.25, 0.3) is 0 Å². The van der Waals surface area contributed by atoms with E-state index >= 15 is 0 Å². The van der Waals surface area contributed by atoms with Crippen molar-refractivity contribution in [2.75, 3.05) is 0 Å². The van der Waals surface area contributed by atoms with Crippen LogP contribution in [0.4, 0.5) is 0 Å². The van der Waals surface area contributed by atoms with E-state index in [1.54, 1.807) is 24.4 Å². The molecule has 0 saturated heterocycles. The van der Waals surface area contributed by atoms with Crippen molar-refractivity contribution in [2.45, 2.75) is 0 Å². The van der Waals surface area contributed by atoms with Gasteiger partial charge in [-0.05, 0) is 24.3 Å². The Hall–Kier alpha value is -1.90. The van der Waals surface area contributed by atoms with Crippen molar-refractivity contribution in [3.05, 3.63) is 46.8 Å². The molecule has 0 bridgehead atoms. The van der Waals surface area contributed by atoms with Gasteiger partial charge in [0.05, 0.1) is 5.52 Å². The Morgan fingerprint density at radius 2 is 2.08 bits per heavy atom. The van der Waals surface area contributed by atoms with Crippen LogP contribution in [0.1, 0.15) is 0 Å². The minimum atomic E-state index is -0.386. The molecule has 0 atom stereocenters. The summed E-state index contributed by atoms with van der Waals surface area (Å²) in [6, 6.07) is 7.88. The molecular weight excluding hydrogens is 166 g/mol. The largest absolute Gasteiger partial charge is 0.504 e. The number of hydrogen-bond donors (Lipinski definition) is 1. The topological polar surface area (TPSA) is 50.2 Å². The van der Waals surface area contributed by atoms with E-state index in [-0.39, 0.29) is 11.2 Å². The summed E-state index contributed by atoms with van der Waals surface area (Å²) in [4.78, 5) is 15.2. The summed E-state index contributed by atoms with van der Waals surface area (Å²) in [5, 5.41) is 9.88. The van der Waals surface area contributed by atoms with Gasteiger partial charge in [-0.25, -0.2) is 0 Å². The maximum atomic E-state index is 11.2. The number of aromatic nitrogens is 1. The molecule has 1 N–H and O–H groups in total. The quantitative estimate of drug-likeness (QED) is 0.653. The van der Waals surface area contributed by atoms with E-state index < -0.39 is 0 Å². The van der Waals surface area contributed by atoms with Crippen molar-refractivity contribution in [2.24, 2.45) is 0 Å². The van der Waals surface area contributed by atoms with Gasteiger partial charge < -0.3 is 5.11 Å². The van der Waals surface area contributed by atoms with Crippen molar-refractivity contribution in [3.8, 4) is 5.75 Å². The molecule has 0 spiro atoms. The Kier molecular flexibility index (Phi) is 1.70. The molecule has 0 saturated carbocycles. The van der Waals surface area contributed by atoms with Gasteiger partial charge in [0.2, 0.25) is 5.43 Å². The van der Waals surface area contributed by atoms with Crippen molar-refractivity contribution in [3.63, 3.8) is 0 Å². The summed E-state index contributed by atoms with van der Waals surface area (Å²) < 4.78 is 0. The van der Waals surface area contributed by atoms with Gasteiger partial charge in [-0.1, -0.05) is 6.07 Å². The lowest BCUT2D eigenvalue weighted by Crippen LogP contribution is -1.92. The van der Waals surface area contributed by atoms with Crippen molar-refractivity contribution >= 4 is 10.9 Å². The summed E-state index contributed by atoms with van der Waals surface area (Å²) >= 11 is 0. The maximum absolute atomic E-state index is 11.2. The molecule has 0 aliphatic heterocycles. The fraction of sp³-hybridized carbons (Fsp3) is 0. The highest BCUT2D eigenvalue weighted by Crippen LogP contribution is 2.09. The molecule has 3 heteroatoms. The summed E-state index contributed by atoms with van der Waals surface area (Å²) in [7, 11) is 0. The molecule has 3 nitrogen and oxygen atoms in total. The van der Waals surface area contributed by atoms with Crippen LogP contribution >= 0.6 is 0 Å². The highest BCUT2D eigenvalue weighted by Gasteiger charge is 1.95.